The first kappa shape index (κ1) is 21.0. The summed E-state index contributed by atoms with van der Waals surface area (Å²) >= 11 is 0. The molecule has 0 heterocycles. The highest BCUT2D eigenvalue weighted by Crippen LogP contribution is 2.35. The molecule has 0 saturated heterocycles. The van der Waals surface area contributed by atoms with Gasteiger partial charge in [0.2, 0.25) is 0 Å². The average Bonchev–Trinajstić information content (AvgIpc) is 2.51. The molecule has 1 aliphatic rings. The van der Waals surface area contributed by atoms with E-state index >= 15 is 0 Å². The highest BCUT2D eigenvalue weighted by atomic mass is 32.2. The highest BCUT2D eigenvalue weighted by Gasteiger charge is 2.43. The van der Waals surface area contributed by atoms with E-state index in [0.717, 1.165) is 32.1 Å². The van der Waals surface area contributed by atoms with Gasteiger partial charge in [-0.05, 0) is 32.1 Å². The van der Waals surface area contributed by atoms with Crippen molar-refractivity contribution < 1.29 is 36.0 Å². The minimum atomic E-state index is -5.48. The van der Waals surface area contributed by atoms with Gasteiger partial charge in [-0.1, -0.05) is 19.9 Å². The van der Waals surface area contributed by atoms with Crippen LogP contribution in [0.5, 0.6) is 0 Å². The molecule has 0 radical (unpaired) electrons. The number of ether oxygens (including phenoxy) is 2. The zero-order chi connectivity index (χ0) is 18.4. The van der Waals surface area contributed by atoms with Crippen LogP contribution in [0.3, 0.4) is 0 Å². The summed E-state index contributed by atoms with van der Waals surface area (Å²) in [6.45, 7) is 4.45. The highest BCUT2D eigenvalue weighted by molar-refractivity contribution is 7.86. The zero-order valence-electron chi connectivity index (χ0n) is 13.7. The second-order valence-corrected chi connectivity index (χ2v) is 7.55. The first-order valence-electron chi connectivity index (χ1n) is 7.87. The van der Waals surface area contributed by atoms with Crippen LogP contribution >= 0.6 is 0 Å². The van der Waals surface area contributed by atoms with E-state index in [4.69, 9.17) is 14.0 Å². The van der Waals surface area contributed by atoms with Crippen molar-refractivity contribution in [3.63, 3.8) is 0 Å². The molecule has 0 aromatic heterocycles. The number of carbonyl (C=O) groups is 1. The van der Waals surface area contributed by atoms with Crippen molar-refractivity contribution in [3.05, 3.63) is 12.2 Å². The quantitative estimate of drug-likeness (QED) is 0.290. The van der Waals surface area contributed by atoms with Gasteiger partial charge in [0.25, 0.3) is 0 Å². The minimum absolute atomic E-state index is 0.0245. The largest absolute Gasteiger partial charge is 0.456 e. The number of rotatable bonds is 9. The Hall–Kier alpha value is -1.06. The van der Waals surface area contributed by atoms with E-state index in [0.29, 0.717) is 6.42 Å². The predicted molar refractivity (Wildman–Crippen MR) is 83.3 cm³/mol. The molecule has 1 saturated carbocycles. The number of hydrogen-bond donors (Lipinski definition) is 1. The van der Waals surface area contributed by atoms with Crippen molar-refractivity contribution in [2.45, 2.75) is 62.7 Å². The summed E-state index contributed by atoms with van der Waals surface area (Å²) in [7, 11) is -5.48. The number of hydrogen-bond acceptors (Lipinski definition) is 5. The van der Waals surface area contributed by atoms with Crippen LogP contribution in [0.25, 0.3) is 0 Å². The smallest absolute Gasteiger partial charge is 0.372 e. The van der Waals surface area contributed by atoms with Crippen LogP contribution in [-0.2, 0) is 24.4 Å². The lowest BCUT2D eigenvalue weighted by Gasteiger charge is -2.36. The summed E-state index contributed by atoms with van der Waals surface area (Å²) in [6, 6.07) is 0. The fourth-order valence-corrected chi connectivity index (χ4v) is 2.91. The first-order valence-corrected chi connectivity index (χ1v) is 9.31. The van der Waals surface area contributed by atoms with Crippen LogP contribution in [0.4, 0.5) is 8.78 Å². The zero-order valence-corrected chi connectivity index (χ0v) is 14.5. The number of esters is 1. The maximum absolute atomic E-state index is 13.0. The fraction of sp³-hybridized carbons (Fsp3) is 0.800. The minimum Gasteiger partial charge on any atom is -0.456 e. The molecule has 24 heavy (non-hydrogen) atoms. The molecule has 0 spiro atoms. The Morgan fingerprint density at radius 1 is 1.29 bits per heavy atom. The Labute approximate surface area is 141 Å². The summed E-state index contributed by atoms with van der Waals surface area (Å²) < 4.78 is 65.6. The van der Waals surface area contributed by atoms with E-state index < -0.39 is 40.0 Å². The molecular formula is C15H24F2O6S. The van der Waals surface area contributed by atoms with Crippen LogP contribution in [0.1, 0.15) is 51.9 Å². The molecule has 0 aliphatic heterocycles. The Morgan fingerprint density at radius 2 is 1.88 bits per heavy atom. The lowest BCUT2D eigenvalue weighted by molar-refractivity contribution is -0.159. The van der Waals surface area contributed by atoms with E-state index in [2.05, 4.69) is 6.58 Å². The van der Waals surface area contributed by atoms with Crippen molar-refractivity contribution >= 4 is 16.1 Å². The first-order chi connectivity index (χ1) is 11.0. The summed E-state index contributed by atoms with van der Waals surface area (Å²) in [4.78, 5) is 12.0. The van der Waals surface area contributed by atoms with Gasteiger partial charge in [-0.3, -0.25) is 4.55 Å². The molecule has 0 aromatic rings. The van der Waals surface area contributed by atoms with Crippen LogP contribution in [0.15, 0.2) is 12.2 Å². The van der Waals surface area contributed by atoms with Crippen molar-refractivity contribution in [3.8, 4) is 0 Å². The van der Waals surface area contributed by atoms with E-state index in [1.165, 1.54) is 0 Å². The molecule has 140 valence electrons. The summed E-state index contributed by atoms with van der Waals surface area (Å²) in [5, 5.41) is -4.29. The van der Waals surface area contributed by atoms with Crippen LogP contribution in [-0.4, -0.2) is 43.0 Å². The second-order valence-electron chi connectivity index (χ2n) is 6.01. The molecule has 6 nitrogen and oxygen atoms in total. The summed E-state index contributed by atoms with van der Waals surface area (Å²) in [5.74, 6) is -0.639. The van der Waals surface area contributed by atoms with Crippen molar-refractivity contribution in [1.82, 2.24) is 0 Å². The van der Waals surface area contributed by atoms with Crippen molar-refractivity contribution in [2.75, 3.05) is 13.2 Å². The third-order valence-electron chi connectivity index (χ3n) is 4.20. The lowest BCUT2D eigenvalue weighted by atomic mass is 9.82. The maximum Gasteiger partial charge on any atom is 0.372 e. The van der Waals surface area contributed by atoms with Crippen molar-refractivity contribution in [2.24, 2.45) is 0 Å². The molecule has 1 aliphatic carbocycles. The molecule has 1 N–H and O–H groups in total. The molecule has 0 bridgehead atoms. The number of alkyl halides is 2. The summed E-state index contributed by atoms with van der Waals surface area (Å²) in [5.41, 5.74) is -0.528. The van der Waals surface area contributed by atoms with Gasteiger partial charge in [0.15, 0.2) is 0 Å². The molecule has 0 unspecified atom stereocenters. The van der Waals surface area contributed by atoms with Gasteiger partial charge in [0.1, 0.15) is 5.60 Å². The van der Waals surface area contributed by atoms with Crippen LogP contribution in [0, 0.1) is 0 Å². The van der Waals surface area contributed by atoms with Gasteiger partial charge >= 0.3 is 21.3 Å². The van der Waals surface area contributed by atoms with Crippen LogP contribution in [0.2, 0.25) is 0 Å². The van der Waals surface area contributed by atoms with Gasteiger partial charge in [0.05, 0.1) is 25.2 Å². The predicted octanol–water partition coefficient (Wildman–Crippen LogP) is 3.09. The Bertz CT molecular complexity index is 552. The maximum atomic E-state index is 13.0. The molecular weight excluding hydrogens is 346 g/mol. The van der Waals surface area contributed by atoms with E-state index in [-0.39, 0.29) is 12.2 Å². The lowest BCUT2D eigenvalue weighted by Crippen LogP contribution is -2.37. The molecule has 1 rings (SSSR count). The van der Waals surface area contributed by atoms with E-state index in [9.17, 15) is 22.0 Å². The molecule has 9 heteroatoms. The number of carbonyl (C=O) groups excluding carboxylic acids is 1. The van der Waals surface area contributed by atoms with Gasteiger partial charge in [-0.2, -0.15) is 17.2 Å². The van der Waals surface area contributed by atoms with Crippen LogP contribution < -0.4 is 0 Å². The monoisotopic (exact) mass is 370 g/mol. The van der Waals surface area contributed by atoms with Gasteiger partial charge in [-0.15, -0.1) is 0 Å². The molecule has 0 atom stereocenters. The van der Waals surface area contributed by atoms with Gasteiger partial charge in [-0.25, -0.2) is 4.79 Å². The Kier molecular flexibility index (Phi) is 7.30. The van der Waals surface area contributed by atoms with E-state index in [1.807, 2.05) is 6.92 Å². The molecule has 0 amide bonds. The molecule has 1 fully saturated rings. The third-order valence-corrected chi connectivity index (χ3v) is 5.16. The van der Waals surface area contributed by atoms with Gasteiger partial charge < -0.3 is 9.47 Å². The Morgan fingerprint density at radius 3 is 2.38 bits per heavy atom. The molecule has 0 aromatic carbocycles. The van der Waals surface area contributed by atoms with E-state index in [1.54, 1.807) is 0 Å². The average molecular weight is 370 g/mol. The standard InChI is InChI=1S/C15H24F2O6S/c1-3-14(7-5-4-6-8-14)23-13(18)12(2)11-22-10-9-15(16,17)24(19,20)21/h2-11H2,1H3,(H,19,20,21). The van der Waals surface area contributed by atoms with Gasteiger partial charge in [0, 0.05) is 0 Å². The fourth-order valence-electron chi connectivity index (χ4n) is 2.57. The Balaban J connectivity index is 2.41. The second kappa shape index (κ2) is 8.35. The SMILES string of the molecule is C=C(COCCC(F)(F)S(=O)(=O)O)C(=O)OC1(CC)CCCCC1. The third kappa shape index (κ3) is 5.78. The summed E-state index contributed by atoms with van der Waals surface area (Å²) in [6.07, 6.45) is 4.10. The number of halogens is 2. The normalized spacial score (nSPS) is 18.2. The topological polar surface area (TPSA) is 89.9 Å². The van der Waals surface area contributed by atoms with Crippen molar-refractivity contribution in [1.29, 1.82) is 0 Å².